The second kappa shape index (κ2) is 6.04. The average Bonchev–Trinajstić information content (AvgIpc) is 2.34. The van der Waals surface area contributed by atoms with Crippen LogP contribution in [0.1, 0.15) is 32.8 Å². The van der Waals surface area contributed by atoms with E-state index in [0.717, 1.165) is 6.42 Å². The van der Waals surface area contributed by atoms with Gasteiger partial charge in [0.15, 0.2) is 0 Å². The van der Waals surface area contributed by atoms with Crippen molar-refractivity contribution in [1.29, 1.82) is 5.26 Å². The topological polar surface area (TPSA) is 87.2 Å². The molecule has 0 bridgehead atoms. The Bertz CT molecular complexity index is 588. The quantitative estimate of drug-likeness (QED) is 0.836. The Kier molecular flexibility index (Phi) is 4.92. The number of nitrogens with zero attached hydrogens (tertiary/aromatic N) is 2. The second-order valence-corrected chi connectivity index (χ2v) is 6.43. The van der Waals surface area contributed by atoms with Crippen molar-refractivity contribution in [2.24, 2.45) is 0 Å². The maximum Gasteiger partial charge on any atom is 0.245 e. The first-order chi connectivity index (χ1) is 8.84. The van der Waals surface area contributed by atoms with Gasteiger partial charge in [0.05, 0.1) is 17.3 Å². The molecular formula is C13H19N3O2S. The number of sulfonamides is 1. The van der Waals surface area contributed by atoms with Crippen LogP contribution < -0.4 is 5.73 Å². The van der Waals surface area contributed by atoms with Gasteiger partial charge in [-0.1, -0.05) is 6.92 Å². The SMILES string of the molecule is CCCN(C(C)C)S(=O)(=O)c1ccc(C#N)cc1N. The maximum atomic E-state index is 12.5. The van der Waals surface area contributed by atoms with Crippen LogP contribution in [0.25, 0.3) is 0 Å². The van der Waals surface area contributed by atoms with E-state index in [-0.39, 0.29) is 16.6 Å². The molecule has 0 amide bonds. The lowest BCUT2D eigenvalue weighted by Crippen LogP contribution is -2.37. The highest BCUT2D eigenvalue weighted by Gasteiger charge is 2.28. The molecule has 104 valence electrons. The zero-order valence-electron chi connectivity index (χ0n) is 11.4. The summed E-state index contributed by atoms with van der Waals surface area (Å²) in [6, 6.07) is 6.05. The highest BCUT2D eigenvalue weighted by atomic mass is 32.2. The minimum Gasteiger partial charge on any atom is -0.398 e. The Morgan fingerprint density at radius 2 is 2.05 bits per heavy atom. The van der Waals surface area contributed by atoms with Crippen molar-refractivity contribution in [2.75, 3.05) is 12.3 Å². The molecule has 0 unspecified atom stereocenters. The van der Waals surface area contributed by atoms with Gasteiger partial charge in [-0.3, -0.25) is 0 Å². The zero-order valence-corrected chi connectivity index (χ0v) is 12.2. The summed E-state index contributed by atoms with van der Waals surface area (Å²) in [5, 5.41) is 8.77. The molecule has 0 saturated heterocycles. The fourth-order valence-electron chi connectivity index (χ4n) is 1.86. The van der Waals surface area contributed by atoms with E-state index in [1.54, 1.807) is 0 Å². The molecule has 0 atom stereocenters. The van der Waals surface area contributed by atoms with Gasteiger partial charge in [-0.2, -0.15) is 9.57 Å². The van der Waals surface area contributed by atoms with Crippen molar-refractivity contribution in [3.05, 3.63) is 23.8 Å². The number of nitrogens with two attached hydrogens (primary N) is 1. The molecule has 0 heterocycles. The fraction of sp³-hybridized carbons (Fsp3) is 0.462. The lowest BCUT2D eigenvalue weighted by Gasteiger charge is -2.26. The Labute approximate surface area is 114 Å². The Balaban J connectivity index is 3.30. The van der Waals surface area contributed by atoms with Crippen LogP contribution in [-0.2, 0) is 10.0 Å². The largest absolute Gasteiger partial charge is 0.398 e. The lowest BCUT2D eigenvalue weighted by atomic mass is 10.2. The molecule has 1 aromatic carbocycles. The first kappa shape index (κ1) is 15.5. The first-order valence-electron chi connectivity index (χ1n) is 6.16. The van der Waals surface area contributed by atoms with E-state index in [1.807, 2.05) is 26.8 Å². The number of benzene rings is 1. The maximum absolute atomic E-state index is 12.5. The monoisotopic (exact) mass is 281 g/mol. The summed E-state index contributed by atoms with van der Waals surface area (Å²) in [5.74, 6) is 0. The van der Waals surface area contributed by atoms with Crippen LogP contribution in [-0.4, -0.2) is 25.3 Å². The number of anilines is 1. The van der Waals surface area contributed by atoms with E-state index in [2.05, 4.69) is 0 Å². The summed E-state index contributed by atoms with van der Waals surface area (Å²) in [6.45, 7) is 6.02. The summed E-state index contributed by atoms with van der Waals surface area (Å²) in [5.41, 5.74) is 6.22. The van der Waals surface area contributed by atoms with Crippen molar-refractivity contribution in [2.45, 2.75) is 38.1 Å². The molecule has 1 aromatic rings. The van der Waals surface area contributed by atoms with E-state index in [1.165, 1.54) is 22.5 Å². The van der Waals surface area contributed by atoms with Gasteiger partial charge in [-0.15, -0.1) is 0 Å². The minimum absolute atomic E-state index is 0.0636. The molecule has 2 N–H and O–H groups in total. The third-order valence-corrected chi connectivity index (χ3v) is 4.89. The van der Waals surface area contributed by atoms with E-state index < -0.39 is 10.0 Å². The molecule has 6 heteroatoms. The molecule has 0 aromatic heterocycles. The van der Waals surface area contributed by atoms with Gasteiger partial charge in [-0.05, 0) is 38.5 Å². The molecule has 1 rings (SSSR count). The Morgan fingerprint density at radius 1 is 1.42 bits per heavy atom. The van der Waals surface area contributed by atoms with Gasteiger partial charge in [0, 0.05) is 12.6 Å². The lowest BCUT2D eigenvalue weighted by molar-refractivity contribution is 0.354. The van der Waals surface area contributed by atoms with Gasteiger partial charge in [-0.25, -0.2) is 8.42 Å². The van der Waals surface area contributed by atoms with Crippen LogP contribution in [0.5, 0.6) is 0 Å². The second-order valence-electron chi connectivity index (χ2n) is 4.57. The molecule has 19 heavy (non-hydrogen) atoms. The molecule has 0 saturated carbocycles. The standard InChI is InChI=1S/C13H19N3O2S/c1-4-7-16(10(2)3)19(17,18)13-6-5-11(9-14)8-12(13)15/h5-6,8,10H,4,7,15H2,1-3H3. The van der Waals surface area contributed by atoms with Crippen LogP contribution in [0, 0.1) is 11.3 Å². The molecule has 0 fully saturated rings. The van der Waals surface area contributed by atoms with Crippen molar-refractivity contribution in [1.82, 2.24) is 4.31 Å². The molecule has 0 aliphatic rings. The average molecular weight is 281 g/mol. The van der Waals surface area contributed by atoms with Crippen LogP contribution >= 0.6 is 0 Å². The van der Waals surface area contributed by atoms with Crippen LogP contribution in [0.15, 0.2) is 23.1 Å². The van der Waals surface area contributed by atoms with Gasteiger partial charge >= 0.3 is 0 Å². The zero-order chi connectivity index (χ0) is 14.6. The Morgan fingerprint density at radius 3 is 2.47 bits per heavy atom. The summed E-state index contributed by atoms with van der Waals surface area (Å²) < 4.78 is 26.5. The van der Waals surface area contributed by atoms with Crippen LogP contribution in [0.3, 0.4) is 0 Å². The molecule has 0 aliphatic heterocycles. The Hall–Kier alpha value is -1.58. The van der Waals surface area contributed by atoms with Crippen molar-refractivity contribution >= 4 is 15.7 Å². The number of hydrogen-bond acceptors (Lipinski definition) is 4. The van der Waals surface area contributed by atoms with Crippen LogP contribution in [0.4, 0.5) is 5.69 Å². The van der Waals surface area contributed by atoms with Crippen molar-refractivity contribution < 1.29 is 8.42 Å². The predicted molar refractivity (Wildman–Crippen MR) is 74.9 cm³/mol. The fourth-order valence-corrected chi connectivity index (χ4v) is 3.68. The summed E-state index contributed by atoms with van der Waals surface area (Å²) in [6.07, 6.45) is 0.730. The van der Waals surface area contributed by atoms with E-state index in [4.69, 9.17) is 11.0 Å². The number of hydrogen-bond donors (Lipinski definition) is 1. The number of nitrogen functional groups attached to an aromatic ring is 1. The van der Waals surface area contributed by atoms with Gasteiger partial charge in [0.2, 0.25) is 10.0 Å². The third kappa shape index (κ3) is 3.25. The molecular weight excluding hydrogens is 262 g/mol. The molecule has 5 nitrogen and oxygen atoms in total. The summed E-state index contributed by atoms with van der Waals surface area (Å²) in [7, 11) is -3.62. The molecule has 0 aliphatic carbocycles. The van der Waals surface area contributed by atoms with Crippen molar-refractivity contribution in [3.8, 4) is 6.07 Å². The normalized spacial score (nSPS) is 11.8. The van der Waals surface area contributed by atoms with E-state index in [0.29, 0.717) is 12.1 Å². The van der Waals surface area contributed by atoms with E-state index >= 15 is 0 Å². The highest BCUT2D eigenvalue weighted by molar-refractivity contribution is 7.89. The van der Waals surface area contributed by atoms with Gasteiger partial charge in [0.25, 0.3) is 0 Å². The van der Waals surface area contributed by atoms with E-state index in [9.17, 15) is 8.42 Å². The predicted octanol–water partition coefficient (Wildman–Crippen LogP) is 1.95. The number of rotatable bonds is 5. The van der Waals surface area contributed by atoms with Gasteiger partial charge in [0.1, 0.15) is 4.90 Å². The number of nitriles is 1. The first-order valence-corrected chi connectivity index (χ1v) is 7.60. The van der Waals surface area contributed by atoms with Crippen LogP contribution in [0.2, 0.25) is 0 Å². The van der Waals surface area contributed by atoms with Gasteiger partial charge < -0.3 is 5.73 Å². The minimum atomic E-state index is -3.62. The summed E-state index contributed by atoms with van der Waals surface area (Å²) >= 11 is 0. The third-order valence-electron chi connectivity index (χ3n) is 2.75. The smallest absolute Gasteiger partial charge is 0.245 e. The highest BCUT2D eigenvalue weighted by Crippen LogP contribution is 2.25. The van der Waals surface area contributed by atoms with Crippen molar-refractivity contribution in [3.63, 3.8) is 0 Å². The molecule has 0 radical (unpaired) electrons. The molecule has 0 spiro atoms. The summed E-state index contributed by atoms with van der Waals surface area (Å²) in [4.78, 5) is 0.0636.